The first-order valence-corrected chi connectivity index (χ1v) is 17.3. The van der Waals surface area contributed by atoms with Gasteiger partial charge in [-0.25, -0.2) is 0 Å². The molecule has 0 N–H and O–H groups in total. The minimum atomic E-state index is 0.877. The van der Waals surface area contributed by atoms with Gasteiger partial charge in [-0.15, -0.1) is 0 Å². The Morgan fingerprint density at radius 3 is 0.861 bits per heavy atom. The van der Waals surface area contributed by atoms with Crippen LogP contribution in [0.5, 0.6) is 0 Å². The molecule has 0 amide bonds. The average Bonchev–Trinajstić information content (AvgIpc) is 2.84. The summed E-state index contributed by atoms with van der Waals surface area (Å²) < 4.78 is 0. The van der Waals surface area contributed by atoms with Crippen LogP contribution in [-0.4, -0.2) is 24.5 Å². The molecule has 0 rings (SSSR count). The average molecular weight is 508 g/mol. The molecule has 0 aromatic rings. The molecule has 36 heavy (non-hydrogen) atoms. The topological polar surface area (TPSA) is 3.24 Å². The van der Waals surface area contributed by atoms with E-state index in [0.29, 0.717) is 0 Å². The lowest BCUT2D eigenvalue weighted by atomic mass is 10.0. The third-order valence-corrected chi connectivity index (χ3v) is 8.09. The van der Waals surface area contributed by atoms with E-state index in [1.54, 1.807) is 0 Å². The van der Waals surface area contributed by atoms with Crippen LogP contribution >= 0.6 is 0 Å². The fraction of sp³-hybridized carbons (Fsp3) is 1.00. The Labute approximate surface area is 231 Å². The first-order valence-electron chi connectivity index (χ1n) is 17.3. The van der Waals surface area contributed by atoms with Gasteiger partial charge in [0, 0.05) is 0 Å². The van der Waals surface area contributed by atoms with Crippen LogP contribution in [-0.2, 0) is 0 Å². The van der Waals surface area contributed by atoms with Crippen LogP contribution in [0.15, 0.2) is 0 Å². The highest BCUT2D eigenvalue weighted by molar-refractivity contribution is 4.61. The van der Waals surface area contributed by atoms with Gasteiger partial charge in [-0.2, -0.15) is 0 Å². The molecule has 218 valence electrons. The van der Waals surface area contributed by atoms with Crippen molar-refractivity contribution in [3.05, 3.63) is 0 Å². The van der Waals surface area contributed by atoms with Gasteiger partial charge in [0.25, 0.3) is 0 Å². The zero-order valence-electron chi connectivity index (χ0n) is 26.4. The maximum absolute atomic E-state index is 2.83. The summed E-state index contributed by atoms with van der Waals surface area (Å²) in [5, 5.41) is 0. The van der Waals surface area contributed by atoms with E-state index in [4.69, 9.17) is 0 Å². The van der Waals surface area contributed by atoms with E-state index < -0.39 is 0 Å². The van der Waals surface area contributed by atoms with E-state index in [-0.39, 0.29) is 0 Å². The van der Waals surface area contributed by atoms with Crippen molar-refractivity contribution in [2.24, 2.45) is 11.8 Å². The van der Waals surface area contributed by atoms with Crippen molar-refractivity contribution in [3.63, 3.8) is 0 Å². The third-order valence-electron chi connectivity index (χ3n) is 8.09. The van der Waals surface area contributed by atoms with Crippen molar-refractivity contribution >= 4 is 0 Å². The fourth-order valence-corrected chi connectivity index (χ4v) is 5.53. The van der Waals surface area contributed by atoms with E-state index in [2.05, 4.69) is 39.5 Å². The molecule has 0 radical (unpaired) electrons. The maximum atomic E-state index is 2.83. The molecule has 0 aromatic heterocycles. The van der Waals surface area contributed by atoms with Gasteiger partial charge in [0.2, 0.25) is 0 Å². The third kappa shape index (κ3) is 30.2. The molecular formula is C35H73N. The molecule has 0 atom stereocenters. The van der Waals surface area contributed by atoms with Crippen LogP contribution in [0.2, 0.25) is 0 Å². The molecule has 0 saturated carbocycles. The summed E-state index contributed by atoms with van der Waals surface area (Å²) in [5.74, 6) is 1.75. The highest BCUT2D eigenvalue weighted by Gasteiger charge is 2.05. The molecule has 0 spiro atoms. The first kappa shape index (κ1) is 36.0. The lowest BCUT2D eigenvalue weighted by Gasteiger charge is -2.22. The van der Waals surface area contributed by atoms with Crippen LogP contribution in [0.4, 0.5) is 0 Å². The van der Waals surface area contributed by atoms with Crippen LogP contribution in [0.1, 0.15) is 195 Å². The predicted molar refractivity (Wildman–Crippen MR) is 167 cm³/mol. The fourth-order valence-electron chi connectivity index (χ4n) is 5.53. The summed E-state index contributed by atoms with van der Waals surface area (Å²) in [6.07, 6.45) is 36.3. The molecular weight excluding hydrogens is 434 g/mol. The summed E-state index contributed by atoms with van der Waals surface area (Å²) in [5.41, 5.74) is 0. The van der Waals surface area contributed by atoms with Gasteiger partial charge < -0.3 is 4.90 Å². The van der Waals surface area contributed by atoms with E-state index in [1.807, 2.05) is 0 Å². The molecule has 0 aromatic carbocycles. The van der Waals surface area contributed by atoms with Crippen molar-refractivity contribution in [3.8, 4) is 0 Å². The quantitative estimate of drug-likeness (QED) is 0.0873. The Bertz CT molecular complexity index is 368. The Morgan fingerprint density at radius 1 is 0.333 bits per heavy atom. The van der Waals surface area contributed by atoms with Crippen LogP contribution < -0.4 is 0 Å². The first-order chi connectivity index (χ1) is 17.6. The molecule has 0 heterocycles. The van der Waals surface area contributed by atoms with Crippen molar-refractivity contribution in [1.82, 2.24) is 4.90 Å². The molecule has 1 heteroatoms. The Balaban J connectivity index is 3.75. The van der Waals surface area contributed by atoms with Crippen molar-refractivity contribution < 1.29 is 0 Å². The molecule has 1 nitrogen and oxygen atoms in total. The highest BCUT2D eigenvalue weighted by atomic mass is 15.1. The van der Waals surface area contributed by atoms with E-state index in [9.17, 15) is 0 Å². The predicted octanol–water partition coefficient (Wildman–Crippen LogP) is 12.4. The van der Waals surface area contributed by atoms with Gasteiger partial charge in [0.15, 0.2) is 0 Å². The van der Waals surface area contributed by atoms with Gasteiger partial charge >= 0.3 is 0 Å². The van der Waals surface area contributed by atoms with Gasteiger partial charge in [-0.3, -0.25) is 0 Å². The molecule has 0 saturated heterocycles. The number of rotatable bonds is 30. The molecule has 0 aliphatic carbocycles. The summed E-state index contributed by atoms with van der Waals surface area (Å²) >= 11 is 0. The summed E-state index contributed by atoms with van der Waals surface area (Å²) in [6, 6.07) is 0. The Hall–Kier alpha value is -0.0400. The van der Waals surface area contributed by atoms with Gasteiger partial charge in [0.05, 0.1) is 0 Å². The standard InChI is InChI=1S/C35H73N/c1-6-7-8-9-10-11-12-13-14-15-16-17-18-21-26-31-36(32-27-22-19-24-29-34(2)3)33-28-23-20-25-30-35(4)5/h34-35H,6-33H2,1-5H3. The monoisotopic (exact) mass is 508 g/mol. The lowest BCUT2D eigenvalue weighted by Crippen LogP contribution is -2.27. The van der Waals surface area contributed by atoms with Gasteiger partial charge in [-0.1, -0.05) is 176 Å². The zero-order valence-corrected chi connectivity index (χ0v) is 26.4. The normalized spacial score (nSPS) is 12.0. The molecule has 0 unspecified atom stereocenters. The van der Waals surface area contributed by atoms with Gasteiger partial charge in [-0.05, 0) is 50.7 Å². The Morgan fingerprint density at radius 2 is 0.583 bits per heavy atom. The number of hydrogen-bond donors (Lipinski definition) is 0. The molecule has 0 bridgehead atoms. The lowest BCUT2D eigenvalue weighted by molar-refractivity contribution is 0.253. The molecule has 0 aliphatic rings. The van der Waals surface area contributed by atoms with Crippen LogP contribution in [0, 0.1) is 11.8 Å². The second-order valence-electron chi connectivity index (χ2n) is 13.0. The van der Waals surface area contributed by atoms with Crippen molar-refractivity contribution in [1.29, 1.82) is 0 Å². The van der Waals surface area contributed by atoms with E-state index in [1.165, 1.54) is 180 Å². The number of hydrogen-bond acceptors (Lipinski definition) is 1. The highest BCUT2D eigenvalue weighted by Crippen LogP contribution is 2.15. The molecule has 0 fully saturated rings. The zero-order chi connectivity index (χ0) is 26.5. The largest absolute Gasteiger partial charge is 0.303 e. The second kappa shape index (κ2) is 29.5. The number of nitrogens with zero attached hydrogens (tertiary/aromatic N) is 1. The maximum Gasteiger partial charge on any atom is -0.00187 e. The summed E-state index contributed by atoms with van der Waals surface area (Å²) in [7, 11) is 0. The Kier molecular flexibility index (Phi) is 29.5. The van der Waals surface area contributed by atoms with E-state index in [0.717, 1.165) is 11.8 Å². The van der Waals surface area contributed by atoms with Crippen LogP contribution in [0.3, 0.4) is 0 Å². The van der Waals surface area contributed by atoms with E-state index >= 15 is 0 Å². The minimum Gasteiger partial charge on any atom is -0.303 e. The SMILES string of the molecule is CCCCCCCCCCCCCCCCCN(CCCCCCC(C)C)CCCCCCC(C)C. The van der Waals surface area contributed by atoms with Crippen LogP contribution in [0.25, 0.3) is 0 Å². The van der Waals surface area contributed by atoms with Gasteiger partial charge in [0.1, 0.15) is 0 Å². The summed E-state index contributed by atoms with van der Waals surface area (Å²) in [6.45, 7) is 15.8. The smallest absolute Gasteiger partial charge is 0.00187 e. The number of unbranched alkanes of at least 4 members (excludes halogenated alkanes) is 20. The summed E-state index contributed by atoms with van der Waals surface area (Å²) in [4.78, 5) is 2.83. The minimum absolute atomic E-state index is 0.877. The second-order valence-corrected chi connectivity index (χ2v) is 13.0. The van der Waals surface area contributed by atoms with Crippen molar-refractivity contribution in [2.75, 3.05) is 19.6 Å². The molecule has 0 aliphatic heterocycles. The van der Waals surface area contributed by atoms with Crippen molar-refractivity contribution in [2.45, 2.75) is 195 Å².